The third-order valence-corrected chi connectivity index (χ3v) is 2.52. The Morgan fingerprint density at radius 1 is 1.25 bits per heavy atom. The molecule has 1 aliphatic heterocycles. The summed E-state index contributed by atoms with van der Waals surface area (Å²) in [6.45, 7) is 14.8. The number of rotatable bonds is 0. The lowest BCUT2D eigenvalue weighted by molar-refractivity contribution is 0.0692. The third-order valence-electron chi connectivity index (χ3n) is 2.52. The zero-order valence-corrected chi connectivity index (χ0v) is 9.07. The molecule has 0 aliphatic carbocycles. The predicted molar refractivity (Wildman–Crippen MR) is 53.4 cm³/mol. The van der Waals surface area contributed by atoms with Crippen LogP contribution in [-0.4, -0.2) is 35.6 Å². The van der Waals surface area contributed by atoms with Crippen molar-refractivity contribution in [3.8, 4) is 0 Å². The molecule has 2 nitrogen and oxygen atoms in total. The van der Waals surface area contributed by atoms with Crippen molar-refractivity contribution in [3.63, 3.8) is 0 Å². The largest absolute Gasteiger partial charge is 0.309 e. The lowest BCUT2D eigenvalue weighted by atomic mass is 9.96. The first-order chi connectivity index (χ1) is 5.31. The first-order valence-corrected chi connectivity index (χ1v) is 4.81. The highest BCUT2D eigenvalue weighted by Gasteiger charge is 2.31. The molecule has 1 aliphatic rings. The number of piperazine rings is 1. The maximum Gasteiger partial charge on any atom is 0.0252 e. The van der Waals surface area contributed by atoms with Gasteiger partial charge in [0.25, 0.3) is 0 Å². The zero-order valence-electron chi connectivity index (χ0n) is 9.07. The van der Waals surface area contributed by atoms with E-state index in [9.17, 15) is 0 Å². The van der Waals surface area contributed by atoms with Crippen molar-refractivity contribution >= 4 is 0 Å². The average molecular weight is 170 g/mol. The highest BCUT2D eigenvalue weighted by Crippen LogP contribution is 2.19. The second-order valence-electron chi connectivity index (χ2n) is 5.40. The molecule has 0 amide bonds. The van der Waals surface area contributed by atoms with E-state index < -0.39 is 0 Å². The van der Waals surface area contributed by atoms with E-state index in [0.29, 0.717) is 5.54 Å². The van der Waals surface area contributed by atoms with Gasteiger partial charge in [0.2, 0.25) is 0 Å². The number of hydrogen-bond donors (Lipinski definition) is 1. The number of nitrogens with one attached hydrogen (secondary N) is 1. The van der Waals surface area contributed by atoms with Gasteiger partial charge in [-0.05, 0) is 34.6 Å². The van der Waals surface area contributed by atoms with Gasteiger partial charge in [0, 0.05) is 30.7 Å². The Bertz CT molecular complexity index is 152. The molecule has 12 heavy (non-hydrogen) atoms. The van der Waals surface area contributed by atoms with Crippen LogP contribution in [-0.2, 0) is 0 Å². The molecule has 0 atom stereocenters. The summed E-state index contributed by atoms with van der Waals surface area (Å²) in [6, 6.07) is 0. The van der Waals surface area contributed by atoms with Crippen molar-refractivity contribution in [1.29, 1.82) is 0 Å². The molecule has 0 saturated carbocycles. The molecule has 0 aromatic rings. The molecule has 2 heteroatoms. The minimum atomic E-state index is 0.283. The fourth-order valence-electron chi connectivity index (χ4n) is 1.71. The Hall–Kier alpha value is -0.0800. The minimum absolute atomic E-state index is 0.283. The van der Waals surface area contributed by atoms with Gasteiger partial charge in [-0.1, -0.05) is 0 Å². The molecular formula is C10H22N2. The first-order valence-electron chi connectivity index (χ1n) is 4.81. The van der Waals surface area contributed by atoms with Crippen molar-refractivity contribution < 1.29 is 0 Å². The molecule has 0 radical (unpaired) electrons. The third kappa shape index (κ3) is 2.46. The molecule has 0 bridgehead atoms. The van der Waals surface area contributed by atoms with Crippen LogP contribution in [0, 0.1) is 0 Å². The fourth-order valence-corrected chi connectivity index (χ4v) is 1.71. The Balaban J connectivity index is 2.58. The van der Waals surface area contributed by atoms with Crippen molar-refractivity contribution in [1.82, 2.24) is 10.2 Å². The minimum Gasteiger partial charge on any atom is -0.309 e. The summed E-state index contributed by atoms with van der Waals surface area (Å²) in [5.74, 6) is 0. The predicted octanol–water partition coefficient (Wildman–Crippen LogP) is 1.47. The van der Waals surface area contributed by atoms with Gasteiger partial charge in [-0.25, -0.2) is 0 Å². The van der Waals surface area contributed by atoms with Crippen molar-refractivity contribution in [2.24, 2.45) is 0 Å². The van der Waals surface area contributed by atoms with E-state index in [1.54, 1.807) is 0 Å². The molecule has 0 aromatic carbocycles. The van der Waals surface area contributed by atoms with Crippen LogP contribution in [0.15, 0.2) is 0 Å². The van der Waals surface area contributed by atoms with E-state index in [4.69, 9.17) is 0 Å². The van der Waals surface area contributed by atoms with Gasteiger partial charge < -0.3 is 5.32 Å². The average Bonchev–Trinajstić information content (AvgIpc) is 1.83. The Kier molecular flexibility index (Phi) is 2.50. The number of hydrogen-bond acceptors (Lipinski definition) is 2. The molecule has 1 fully saturated rings. The van der Waals surface area contributed by atoms with Crippen LogP contribution in [0.2, 0.25) is 0 Å². The number of nitrogens with zero attached hydrogens (tertiary/aromatic N) is 1. The molecule has 1 N–H and O–H groups in total. The van der Waals surface area contributed by atoms with Crippen LogP contribution < -0.4 is 5.32 Å². The maximum atomic E-state index is 3.52. The van der Waals surface area contributed by atoms with Gasteiger partial charge in [0.1, 0.15) is 0 Å². The van der Waals surface area contributed by atoms with E-state index in [-0.39, 0.29) is 5.54 Å². The summed E-state index contributed by atoms with van der Waals surface area (Å²) in [5.41, 5.74) is 0.602. The van der Waals surface area contributed by atoms with Gasteiger partial charge in [-0.15, -0.1) is 0 Å². The van der Waals surface area contributed by atoms with Crippen molar-refractivity contribution in [2.75, 3.05) is 19.6 Å². The quantitative estimate of drug-likeness (QED) is 0.592. The summed E-state index contributed by atoms with van der Waals surface area (Å²) in [7, 11) is 0. The van der Waals surface area contributed by atoms with E-state index in [1.165, 1.54) is 6.54 Å². The second-order valence-corrected chi connectivity index (χ2v) is 5.40. The highest BCUT2D eigenvalue weighted by atomic mass is 15.3. The summed E-state index contributed by atoms with van der Waals surface area (Å²) in [5, 5.41) is 3.52. The van der Waals surface area contributed by atoms with E-state index >= 15 is 0 Å². The summed E-state index contributed by atoms with van der Waals surface area (Å²) in [6.07, 6.45) is 0. The summed E-state index contributed by atoms with van der Waals surface area (Å²) >= 11 is 0. The fraction of sp³-hybridized carbons (Fsp3) is 1.00. The van der Waals surface area contributed by atoms with Crippen LogP contribution in [0.4, 0.5) is 0 Å². The monoisotopic (exact) mass is 170 g/mol. The lowest BCUT2D eigenvalue weighted by Gasteiger charge is -2.45. The van der Waals surface area contributed by atoms with Gasteiger partial charge in [-0.3, -0.25) is 4.90 Å². The molecule has 72 valence electrons. The lowest BCUT2D eigenvalue weighted by Crippen LogP contribution is -2.61. The standard InChI is InChI=1S/C10H22N2/c1-9(2,3)12-7-6-11-10(4,5)8-12/h11H,6-8H2,1-5H3. The summed E-state index contributed by atoms with van der Waals surface area (Å²) < 4.78 is 0. The van der Waals surface area contributed by atoms with Crippen LogP contribution in [0.1, 0.15) is 34.6 Å². The molecule has 0 unspecified atom stereocenters. The molecule has 1 heterocycles. The van der Waals surface area contributed by atoms with Crippen molar-refractivity contribution in [2.45, 2.75) is 45.7 Å². The van der Waals surface area contributed by atoms with Crippen LogP contribution in [0.25, 0.3) is 0 Å². The normalized spacial score (nSPS) is 25.8. The maximum absolute atomic E-state index is 3.52. The molecule has 1 rings (SSSR count). The van der Waals surface area contributed by atoms with Crippen LogP contribution >= 0.6 is 0 Å². The highest BCUT2D eigenvalue weighted by molar-refractivity contribution is 4.91. The molecular weight excluding hydrogens is 148 g/mol. The van der Waals surface area contributed by atoms with Crippen molar-refractivity contribution in [3.05, 3.63) is 0 Å². The van der Waals surface area contributed by atoms with E-state index in [1.807, 2.05) is 0 Å². The molecule has 1 saturated heterocycles. The van der Waals surface area contributed by atoms with Gasteiger partial charge in [-0.2, -0.15) is 0 Å². The van der Waals surface area contributed by atoms with Gasteiger partial charge in [0.15, 0.2) is 0 Å². The Labute approximate surface area is 76.3 Å². The Morgan fingerprint density at radius 3 is 2.17 bits per heavy atom. The summed E-state index contributed by atoms with van der Waals surface area (Å²) in [4.78, 5) is 2.55. The van der Waals surface area contributed by atoms with Gasteiger partial charge >= 0.3 is 0 Å². The van der Waals surface area contributed by atoms with Crippen LogP contribution in [0.3, 0.4) is 0 Å². The van der Waals surface area contributed by atoms with Crippen LogP contribution in [0.5, 0.6) is 0 Å². The molecule has 0 spiro atoms. The zero-order chi connectivity index (χ0) is 9.41. The van der Waals surface area contributed by atoms with E-state index in [0.717, 1.165) is 13.1 Å². The SMILES string of the molecule is CC1(C)CN(C(C)(C)C)CCN1. The van der Waals surface area contributed by atoms with Gasteiger partial charge in [0.05, 0.1) is 0 Å². The van der Waals surface area contributed by atoms with E-state index in [2.05, 4.69) is 44.8 Å². The first kappa shape index (κ1) is 10.0. The molecule has 0 aromatic heterocycles. The smallest absolute Gasteiger partial charge is 0.0252 e. The topological polar surface area (TPSA) is 15.3 Å². The second kappa shape index (κ2) is 3.00. The Morgan fingerprint density at radius 2 is 1.83 bits per heavy atom.